The van der Waals surface area contributed by atoms with Crippen LogP contribution in [0.1, 0.15) is 5.56 Å². The maximum absolute atomic E-state index is 10.4. The molecular formula is C7H10N2O4S. The van der Waals surface area contributed by atoms with Crippen molar-refractivity contribution in [1.29, 1.82) is 0 Å². The molecule has 0 saturated carbocycles. The summed E-state index contributed by atoms with van der Waals surface area (Å²) in [4.78, 5) is 0. The highest BCUT2D eigenvalue weighted by Gasteiger charge is 2.13. The summed E-state index contributed by atoms with van der Waals surface area (Å²) in [5, 5.41) is 0. The molecule has 0 aliphatic rings. The molecule has 0 spiro atoms. The van der Waals surface area contributed by atoms with E-state index in [4.69, 9.17) is 16.0 Å². The van der Waals surface area contributed by atoms with E-state index in [2.05, 4.69) is 4.18 Å². The lowest BCUT2D eigenvalue weighted by molar-refractivity contribution is 0.386. The first-order chi connectivity index (χ1) is 6.29. The molecule has 1 rings (SSSR count). The highest BCUT2D eigenvalue weighted by molar-refractivity contribution is 7.81. The molecule has 7 heteroatoms. The summed E-state index contributed by atoms with van der Waals surface area (Å²) in [5.74, 6) is -0.110. The van der Waals surface area contributed by atoms with Crippen molar-refractivity contribution in [2.75, 3.05) is 11.5 Å². The van der Waals surface area contributed by atoms with Gasteiger partial charge in [-0.3, -0.25) is 4.55 Å². The van der Waals surface area contributed by atoms with Crippen LogP contribution in [0.3, 0.4) is 0 Å². The number of anilines is 2. The first-order valence-electron chi connectivity index (χ1n) is 3.62. The zero-order chi connectivity index (χ0) is 10.9. The normalized spacial score (nSPS) is 11.3. The molecule has 0 aliphatic carbocycles. The molecule has 0 unspecified atom stereocenters. The van der Waals surface area contributed by atoms with E-state index in [1.165, 1.54) is 12.1 Å². The van der Waals surface area contributed by atoms with E-state index in [9.17, 15) is 8.42 Å². The third-order valence-corrected chi connectivity index (χ3v) is 1.89. The van der Waals surface area contributed by atoms with Crippen LogP contribution in [0.5, 0.6) is 5.75 Å². The van der Waals surface area contributed by atoms with Crippen LogP contribution in [0, 0.1) is 6.92 Å². The average molecular weight is 218 g/mol. The van der Waals surface area contributed by atoms with Gasteiger partial charge in [-0.1, -0.05) is 0 Å². The number of rotatable bonds is 2. The second kappa shape index (κ2) is 3.35. The standard InChI is InChI=1S/C7H10N2O4S/c1-4-2-5(8)3-6(9)7(4)13-14(10,11)12/h2-3H,8-9H2,1H3,(H,10,11,12). The summed E-state index contributed by atoms with van der Waals surface area (Å²) in [6.45, 7) is 1.56. The first-order valence-corrected chi connectivity index (χ1v) is 4.98. The van der Waals surface area contributed by atoms with Crippen LogP contribution in [0.4, 0.5) is 11.4 Å². The van der Waals surface area contributed by atoms with E-state index in [0.29, 0.717) is 11.3 Å². The zero-order valence-corrected chi connectivity index (χ0v) is 8.21. The summed E-state index contributed by atoms with van der Waals surface area (Å²) >= 11 is 0. The topological polar surface area (TPSA) is 116 Å². The summed E-state index contributed by atoms with van der Waals surface area (Å²) in [6.07, 6.45) is 0. The first kappa shape index (κ1) is 10.6. The Bertz CT molecular complexity index is 432. The molecule has 0 radical (unpaired) electrons. The number of benzene rings is 1. The lowest BCUT2D eigenvalue weighted by Gasteiger charge is -2.09. The number of hydrogen-bond donors (Lipinski definition) is 3. The second-order valence-corrected chi connectivity index (χ2v) is 3.79. The van der Waals surface area contributed by atoms with Crippen molar-refractivity contribution in [3.8, 4) is 5.75 Å². The summed E-state index contributed by atoms with van der Waals surface area (Å²) < 4.78 is 33.6. The Hall–Kier alpha value is -1.47. The van der Waals surface area contributed by atoms with Gasteiger partial charge in [0.2, 0.25) is 0 Å². The fourth-order valence-corrected chi connectivity index (χ4v) is 1.49. The summed E-state index contributed by atoms with van der Waals surface area (Å²) in [5.41, 5.74) is 11.8. The van der Waals surface area contributed by atoms with Gasteiger partial charge in [-0.05, 0) is 24.6 Å². The Balaban J connectivity index is 3.22. The Morgan fingerprint density at radius 3 is 2.36 bits per heavy atom. The summed E-state index contributed by atoms with van der Waals surface area (Å²) in [7, 11) is -4.56. The van der Waals surface area contributed by atoms with Gasteiger partial charge in [0.05, 0.1) is 5.69 Å². The van der Waals surface area contributed by atoms with Gasteiger partial charge in [-0.15, -0.1) is 0 Å². The van der Waals surface area contributed by atoms with Gasteiger partial charge in [0.15, 0.2) is 5.75 Å². The Labute approximate surface area is 81.4 Å². The van der Waals surface area contributed by atoms with Crippen molar-refractivity contribution in [3.05, 3.63) is 17.7 Å². The van der Waals surface area contributed by atoms with E-state index < -0.39 is 10.4 Å². The van der Waals surface area contributed by atoms with E-state index >= 15 is 0 Å². The molecule has 0 heterocycles. The van der Waals surface area contributed by atoms with Crippen LogP contribution in [-0.2, 0) is 10.4 Å². The van der Waals surface area contributed by atoms with Crippen molar-refractivity contribution in [1.82, 2.24) is 0 Å². The van der Waals surface area contributed by atoms with E-state index in [1.54, 1.807) is 6.92 Å². The predicted octanol–water partition coefficient (Wildman–Crippen LogP) is 0.341. The van der Waals surface area contributed by atoms with Gasteiger partial charge < -0.3 is 15.7 Å². The van der Waals surface area contributed by atoms with Gasteiger partial charge in [0, 0.05) is 5.69 Å². The van der Waals surface area contributed by atoms with Gasteiger partial charge >= 0.3 is 10.4 Å². The van der Waals surface area contributed by atoms with Crippen molar-refractivity contribution < 1.29 is 17.2 Å². The van der Waals surface area contributed by atoms with E-state index in [0.717, 1.165) is 0 Å². The van der Waals surface area contributed by atoms with Crippen LogP contribution in [-0.4, -0.2) is 13.0 Å². The van der Waals surface area contributed by atoms with Crippen LogP contribution < -0.4 is 15.7 Å². The van der Waals surface area contributed by atoms with Crippen LogP contribution in [0.25, 0.3) is 0 Å². The molecule has 14 heavy (non-hydrogen) atoms. The fraction of sp³-hybridized carbons (Fsp3) is 0.143. The Morgan fingerprint density at radius 1 is 1.36 bits per heavy atom. The molecule has 0 fully saturated rings. The van der Waals surface area contributed by atoms with Gasteiger partial charge in [0.25, 0.3) is 0 Å². The highest BCUT2D eigenvalue weighted by Crippen LogP contribution is 2.29. The summed E-state index contributed by atoms with van der Waals surface area (Å²) in [6, 6.07) is 2.82. The van der Waals surface area contributed by atoms with Crippen molar-refractivity contribution >= 4 is 21.8 Å². The molecule has 1 aromatic rings. The minimum Gasteiger partial charge on any atom is -0.399 e. The fourth-order valence-electron chi connectivity index (χ4n) is 1.05. The minimum absolute atomic E-state index is 0.0557. The molecule has 5 N–H and O–H groups in total. The third kappa shape index (κ3) is 2.51. The number of nitrogens with two attached hydrogens (primary N) is 2. The van der Waals surface area contributed by atoms with Gasteiger partial charge in [-0.25, -0.2) is 0 Å². The van der Waals surface area contributed by atoms with Crippen molar-refractivity contribution in [2.45, 2.75) is 6.92 Å². The van der Waals surface area contributed by atoms with Crippen LogP contribution in [0.2, 0.25) is 0 Å². The molecule has 0 atom stereocenters. The van der Waals surface area contributed by atoms with Crippen molar-refractivity contribution in [3.63, 3.8) is 0 Å². The molecule has 0 aliphatic heterocycles. The SMILES string of the molecule is Cc1cc(N)cc(N)c1OS(=O)(=O)O. The van der Waals surface area contributed by atoms with E-state index in [-0.39, 0.29) is 11.4 Å². The average Bonchev–Trinajstić information content (AvgIpc) is 1.95. The number of hydrogen-bond acceptors (Lipinski definition) is 5. The monoisotopic (exact) mass is 218 g/mol. The molecule has 0 saturated heterocycles. The largest absolute Gasteiger partial charge is 0.446 e. The Kier molecular flexibility index (Phi) is 2.54. The minimum atomic E-state index is -4.56. The van der Waals surface area contributed by atoms with Crippen molar-refractivity contribution in [2.24, 2.45) is 0 Å². The highest BCUT2D eigenvalue weighted by atomic mass is 32.3. The quantitative estimate of drug-likeness (QED) is 0.487. The molecule has 78 valence electrons. The Morgan fingerprint density at radius 2 is 1.93 bits per heavy atom. The third-order valence-electron chi connectivity index (χ3n) is 1.51. The molecule has 1 aromatic carbocycles. The molecule has 6 nitrogen and oxygen atoms in total. The molecule has 0 bridgehead atoms. The second-order valence-electron chi connectivity index (χ2n) is 2.77. The maximum Gasteiger partial charge on any atom is 0.446 e. The van der Waals surface area contributed by atoms with Gasteiger partial charge in [0.1, 0.15) is 0 Å². The van der Waals surface area contributed by atoms with Gasteiger partial charge in [-0.2, -0.15) is 8.42 Å². The smallest absolute Gasteiger partial charge is 0.399 e. The molecule has 0 amide bonds. The zero-order valence-electron chi connectivity index (χ0n) is 7.39. The predicted molar refractivity (Wildman–Crippen MR) is 52.2 cm³/mol. The molecule has 0 aromatic heterocycles. The van der Waals surface area contributed by atoms with E-state index in [1.807, 2.05) is 0 Å². The lowest BCUT2D eigenvalue weighted by Crippen LogP contribution is -2.09. The number of nitrogen functional groups attached to an aromatic ring is 2. The molecular weight excluding hydrogens is 208 g/mol. The maximum atomic E-state index is 10.4. The lowest BCUT2D eigenvalue weighted by atomic mass is 10.2. The number of aryl methyl sites for hydroxylation is 1. The van der Waals surface area contributed by atoms with Crippen LogP contribution in [0.15, 0.2) is 12.1 Å². The van der Waals surface area contributed by atoms with Crippen LogP contribution >= 0.6 is 0 Å².